The lowest BCUT2D eigenvalue weighted by Crippen LogP contribution is -1.72. The second-order valence-corrected chi connectivity index (χ2v) is 2.57. The largest absolute Gasteiger partial charge is 0.0991 e. The first-order valence-corrected chi connectivity index (χ1v) is 5.05. The summed E-state index contributed by atoms with van der Waals surface area (Å²) >= 11 is 0. The number of rotatable bonds is 2. The lowest BCUT2D eigenvalue weighted by atomic mass is 10.1. The van der Waals surface area contributed by atoms with Gasteiger partial charge < -0.3 is 0 Å². The molecule has 0 aromatic rings. The molecule has 0 atom stereocenters. The average Bonchev–Trinajstić information content (AvgIpc) is 2.10. The van der Waals surface area contributed by atoms with Crippen molar-refractivity contribution in [1.29, 1.82) is 0 Å². The quantitative estimate of drug-likeness (QED) is 0.519. The average molecular weight is 182 g/mol. The van der Waals surface area contributed by atoms with E-state index in [1.165, 1.54) is 12.0 Å². The maximum Gasteiger partial charge on any atom is -0.0395 e. The van der Waals surface area contributed by atoms with Crippen molar-refractivity contribution in [2.24, 2.45) is 0 Å². The molecule has 0 nitrogen and oxygen atoms in total. The molecule has 0 amide bonds. The van der Waals surface area contributed by atoms with Crippen LogP contribution < -0.4 is 0 Å². The van der Waals surface area contributed by atoms with Crippen molar-refractivity contribution in [1.82, 2.24) is 0 Å². The van der Waals surface area contributed by atoms with E-state index in [2.05, 4.69) is 27.0 Å². The molecule has 0 saturated carbocycles. The monoisotopic (exact) mass is 182 g/mol. The fraction of sp³-hybridized carbons (Fsp3) is 0.538. The molecule has 0 bridgehead atoms. The van der Waals surface area contributed by atoms with Gasteiger partial charge in [0.2, 0.25) is 0 Å². The smallest absolute Gasteiger partial charge is 0.0395 e. The normalized spacial score (nSPS) is 8.62. The number of allylic oxidation sites excluding steroid dienone is 4. The van der Waals surface area contributed by atoms with Gasteiger partial charge in [0.05, 0.1) is 0 Å². The Hall–Kier alpha value is -0.780. The Kier molecular flexibility index (Phi) is 24.1. The molecule has 0 heteroatoms. The van der Waals surface area contributed by atoms with E-state index in [9.17, 15) is 0 Å². The van der Waals surface area contributed by atoms with Crippen molar-refractivity contribution in [2.75, 3.05) is 0 Å². The zero-order chi connectivity index (χ0) is 11.3. The summed E-state index contributed by atoms with van der Waals surface area (Å²) in [7, 11) is 0. The number of hydrogen-bond donors (Lipinski definition) is 0. The molecule has 0 aromatic heterocycles. The van der Waals surface area contributed by atoms with E-state index in [0.29, 0.717) is 0 Å². The third-order valence-electron chi connectivity index (χ3n) is 1.04. The van der Waals surface area contributed by atoms with E-state index in [-0.39, 0.29) is 0 Å². The molecular weight excluding hydrogens is 156 g/mol. The highest BCUT2D eigenvalue weighted by Crippen LogP contribution is 2.03. The van der Waals surface area contributed by atoms with Crippen LogP contribution >= 0.6 is 0 Å². The molecule has 0 saturated heterocycles. The van der Waals surface area contributed by atoms with Gasteiger partial charge in [0.15, 0.2) is 0 Å². The van der Waals surface area contributed by atoms with Gasteiger partial charge in [-0.15, -0.1) is 0 Å². The summed E-state index contributed by atoms with van der Waals surface area (Å²) in [6.45, 7) is 19.6. The van der Waals surface area contributed by atoms with Gasteiger partial charge in [0.1, 0.15) is 0 Å². The van der Waals surface area contributed by atoms with Crippen molar-refractivity contribution < 1.29 is 0 Å². The topological polar surface area (TPSA) is 0 Å². The molecule has 0 rings (SSSR count). The first-order valence-electron chi connectivity index (χ1n) is 5.05. The van der Waals surface area contributed by atoms with E-state index < -0.39 is 0 Å². The summed E-state index contributed by atoms with van der Waals surface area (Å²) in [6.07, 6.45) is 4.96. The second kappa shape index (κ2) is 17.3. The Bertz CT molecular complexity index is 138. The van der Waals surface area contributed by atoms with Crippen molar-refractivity contribution in [3.05, 3.63) is 36.5 Å². The van der Waals surface area contributed by atoms with Crippen molar-refractivity contribution in [2.45, 2.75) is 48.0 Å². The predicted molar refractivity (Wildman–Crippen MR) is 66.1 cm³/mol. The lowest BCUT2D eigenvalue weighted by Gasteiger charge is -1.92. The molecular formula is C13H26. The van der Waals surface area contributed by atoms with E-state index in [1.807, 2.05) is 33.8 Å². The maximum atomic E-state index is 3.76. The van der Waals surface area contributed by atoms with Gasteiger partial charge in [0.25, 0.3) is 0 Å². The molecule has 0 aliphatic rings. The summed E-state index contributed by atoms with van der Waals surface area (Å²) in [4.78, 5) is 0. The number of hydrogen-bond acceptors (Lipinski definition) is 0. The van der Waals surface area contributed by atoms with Gasteiger partial charge in [-0.1, -0.05) is 65.0 Å². The zero-order valence-electron chi connectivity index (χ0n) is 10.3. The van der Waals surface area contributed by atoms with E-state index in [1.54, 1.807) is 6.08 Å². The van der Waals surface area contributed by atoms with Crippen LogP contribution in [0, 0.1) is 0 Å². The van der Waals surface area contributed by atoms with Gasteiger partial charge >= 0.3 is 0 Å². The Balaban J connectivity index is -0.000000169. The van der Waals surface area contributed by atoms with Gasteiger partial charge in [-0.2, -0.15) is 0 Å². The van der Waals surface area contributed by atoms with Crippen molar-refractivity contribution in [3.8, 4) is 0 Å². The van der Waals surface area contributed by atoms with Gasteiger partial charge in [-0.25, -0.2) is 0 Å². The lowest BCUT2D eigenvalue weighted by molar-refractivity contribution is 1.09. The van der Waals surface area contributed by atoms with Crippen LogP contribution in [0.15, 0.2) is 36.5 Å². The Morgan fingerprint density at radius 1 is 1.15 bits per heavy atom. The van der Waals surface area contributed by atoms with E-state index in [0.717, 1.165) is 5.57 Å². The van der Waals surface area contributed by atoms with Crippen LogP contribution in [0.25, 0.3) is 0 Å². The molecule has 0 aromatic carbocycles. The minimum atomic E-state index is 1.10. The summed E-state index contributed by atoms with van der Waals surface area (Å²) in [5, 5.41) is 0. The summed E-state index contributed by atoms with van der Waals surface area (Å²) < 4.78 is 0. The molecule has 0 heterocycles. The Morgan fingerprint density at radius 3 is 1.54 bits per heavy atom. The van der Waals surface area contributed by atoms with Crippen LogP contribution in [0.2, 0.25) is 0 Å². The van der Waals surface area contributed by atoms with Crippen LogP contribution in [-0.2, 0) is 0 Å². The van der Waals surface area contributed by atoms with Crippen LogP contribution in [-0.4, -0.2) is 0 Å². The molecule has 0 aliphatic heterocycles. The molecule has 78 valence electrons. The van der Waals surface area contributed by atoms with Crippen LogP contribution in [0.5, 0.6) is 0 Å². The molecule has 0 fully saturated rings. The third kappa shape index (κ3) is 24.7. The second-order valence-electron chi connectivity index (χ2n) is 2.57. The Morgan fingerprint density at radius 2 is 1.46 bits per heavy atom. The van der Waals surface area contributed by atoms with Gasteiger partial charge in [-0.3, -0.25) is 0 Å². The maximum absolute atomic E-state index is 3.76. The molecule has 0 radical (unpaired) electrons. The highest BCUT2D eigenvalue weighted by Gasteiger charge is 1.82. The Labute approximate surface area is 85.1 Å². The molecule has 0 N–H and O–H groups in total. The summed E-state index contributed by atoms with van der Waals surface area (Å²) in [5.41, 5.74) is 2.30. The minimum absolute atomic E-state index is 1.10. The first-order chi connectivity index (χ1) is 6.09. The van der Waals surface area contributed by atoms with Gasteiger partial charge in [-0.05, 0) is 19.4 Å². The zero-order valence-corrected chi connectivity index (χ0v) is 10.3. The summed E-state index contributed by atoms with van der Waals surface area (Å²) in [6, 6.07) is 0. The fourth-order valence-electron chi connectivity index (χ4n) is 0.319. The van der Waals surface area contributed by atoms with Crippen LogP contribution in [0.3, 0.4) is 0 Å². The molecule has 0 spiro atoms. The van der Waals surface area contributed by atoms with Crippen molar-refractivity contribution >= 4 is 0 Å². The predicted octanol–water partition coefficient (Wildman–Crippen LogP) is 5.14. The van der Waals surface area contributed by atoms with Crippen LogP contribution in [0.4, 0.5) is 0 Å². The highest BCUT2D eigenvalue weighted by molar-refractivity contribution is 5.26. The SMILES string of the molecule is C=C/C=C(/C)C(=C)C.CC.CCC. The van der Waals surface area contributed by atoms with E-state index >= 15 is 0 Å². The van der Waals surface area contributed by atoms with E-state index in [4.69, 9.17) is 0 Å². The molecule has 13 heavy (non-hydrogen) atoms. The molecule has 0 unspecified atom stereocenters. The minimum Gasteiger partial charge on any atom is -0.0991 e. The fourth-order valence-corrected chi connectivity index (χ4v) is 0.319. The highest BCUT2D eigenvalue weighted by atomic mass is 13.9. The van der Waals surface area contributed by atoms with Gasteiger partial charge in [0, 0.05) is 0 Å². The standard InChI is InChI=1S/C8H12.C3H8.C2H6/c1-5-6-8(4)7(2)3;1-3-2;1-2/h5-6H,1-2H2,3-4H3;3H2,1-2H3;1-2H3/b8-6-;;. The van der Waals surface area contributed by atoms with Crippen LogP contribution in [0.1, 0.15) is 48.0 Å². The first kappa shape index (κ1) is 18.1. The van der Waals surface area contributed by atoms with Crippen molar-refractivity contribution in [3.63, 3.8) is 0 Å². The third-order valence-corrected chi connectivity index (χ3v) is 1.04. The summed E-state index contributed by atoms with van der Waals surface area (Å²) in [5.74, 6) is 0. The molecule has 0 aliphatic carbocycles.